The summed E-state index contributed by atoms with van der Waals surface area (Å²) >= 11 is 0. The molecule has 1 aromatic carbocycles. The van der Waals surface area contributed by atoms with Crippen LogP contribution in [0.25, 0.3) is 11.4 Å². The third kappa shape index (κ3) is 2.96. The van der Waals surface area contributed by atoms with Gasteiger partial charge >= 0.3 is 0 Å². The van der Waals surface area contributed by atoms with Crippen LogP contribution in [0.4, 0.5) is 8.78 Å². The molecular formula is C18H20F2N4. The summed E-state index contributed by atoms with van der Waals surface area (Å²) in [6.07, 6.45) is 4.35. The van der Waals surface area contributed by atoms with E-state index >= 15 is 0 Å². The van der Waals surface area contributed by atoms with Crippen molar-refractivity contribution in [1.82, 2.24) is 19.1 Å². The topological polar surface area (TPSA) is 35.6 Å². The van der Waals surface area contributed by atoms with Gasteiger partial charge in [-0.1, -0.05) is 6.92 Å². The van der Waals surface area contributed by atoms with Gasteiger partial charge in [0.25, 0.3) is 0 Å². The van der Waals surface area contributed by atoms with E-state index in [1.54, 1.807) is 17.0 Å². The molecule has 126 valence electrons. The molecule has 6 heteroatoms. The predicted molar refractivity (Wildman–Crippen MR) is 88.7 cm³/mol. The number of benzene rings is 1. The average Bonchev–Trinajstić information content (AvgIpc) is 3.10. The quantitative estimate of drug-likeness (QED) is 0.706. The first-order chi connectivity index (χ1) is 11.5. The molecule has 0 saturated heterocycles. The number of imidazole rings is 2. The second-order valence-electron chi connectivity index (χ2n) is 5.85. The van der Waals surface area contributed by atoms with Crippen LogP contribution in [0.3, 0.4) is 0 Å². The van der Waals surface area contributed by atoms with Gasteiger partial charge in [0.1, 0.15) is 23.3 Å². The van der Waals surface area contributed by atoms with Crippen molar-refractivity contribution in [2.75, 3.05) is 0 Å². The van der Waals surface area contributed by atoms with Crippen LogP contribution in [-0.4, -0.2) is 19.1 Å². The van der Waals surface area contributed by atoms with Crippen LogP contribution in [-0.2, 0) is 13.1 Å². The van der Waals surface area contributed by atoms with Crippen molar-refractivity contribution in [1.29, 1.82) is 0 Å². The van der Waals surface area contributed by atoms with Crippen LogP contribution in [0.2, 0.25) is 0 Å². The minimum Gasteiger partial charge on any atom is -0.331 e. The van der Waals surface area contributed by atoms with E-state index in [9.17, 15) is 8.78 Å². The summed E-state index contributed by atoms with van der Waals surface area (Å²) in [6.45, 7) is 7.47. The van der Waals surface area contributed by atoms with E-state index in [2.05, 4.69) is 21.5 Å². The van der Waals surface area contributed by atoms with Gasteiger partial charge in [-0.05, 0) is 38.5 Å². The lowest BCUT2D eigenvalue weighted by Gasteiger charge is -2.12. The summed E-state index contributed by atoms with van der Waals surface area (Å²) in [5.74, 6) is 0.310. The van der Waals surface area contributed by atoms with E-state index in [1.165, 1.54) is 6.07 Å². The molecule has 0 aliphatic rings. The van der Waals surface area contributed by atoms with E-state index in [0.717, 1.165) is 42.3 Å². The molecule has 24 heavy (non-hydrogen) atoms. The summed E-state index contributed by atoms with van der Waals surface area (Å²) in [4.78, 5) is 8.83. The molecule has 0 fully saturated rings. The SMILES string of the molecule is CCCn1c(Cn2ccnc2-c2cc(F)ccc2F)nc(C)c1C. The molecule has 0 saturated carbocycles. The van der Waals surface area contributed by atoms with E-state index in [-0.39, 0.29) is 5.56 Å². The van der Waals surface area contributed by atoms with Crippen LogP contribution < -0.4 is 0 Å². The van der Waals surface area contributed by atoms with Crippen molar-refractivity contribution in [2.24, 2.45) is 0 Å². The van der Waals surface area contributed by atoms with Crippen molar-refractivity contribution >= 4 is 0 Å². The Hall–Kier alpha value is -2.50. The van der Waals surface area contributed by atoms with Crippen molar-refractivity contribution in [3.8, 4) is 11.4 Å². The molecule has 0 aliphatic heterocycles. The Labute approximate surface area is 139 Å². The summed E-state index contributed by atoms with van der Waals surface area (Å²) < 4.78 is 31.5. The third-order valence-electron chi connectivity index (χ3n) is 4.18. The molecule has 0 unspecified atom stereocenters. The first-order valence-corrected chi connectivity index (χ1v) is 8.00. The number of nitrogens with zero attached hydrogens (tertiary/aromatic N) is 4. The maximum Gasteiger partial charge on any atom is 0.143 e. The van der Waals surface area contributed by atoms with E-state index < -0.39 is 11.6 Å². The molecule has 0 aliphatic carbocycles. The van der Waals surface area contributed by atoms with Crippen molar-refractivity contribution in [3.05, 3.63) is 59.4 Å². The Morgan fingerprint density at radius 1 is 1.17 bits per heavy atom. The standard InChI is InChI=1S/C18H20F2N4/c1-4-8-24-13(3)12(2)22-17(24)11-23-9-7-21-18(23)15-10-14(19)5-6-16(15)20/h5-7,9-10H,4,8,11H2,1-3H3. The molecule has 2 heterocycles. The fourth-order valence-electron chi connectivity index (χ4n) is 2.87. The highest BCUT2D eigenvalue weighted by Gasteiger charge is 2.16. The van der Waals surface area contributed by atoms with Crippen LogP contribution >= 0.6 is 0 Å². The first-order valence-electron chi connectivity index (χ1n) is 8.00. The lowest BCUT2D eigenvalue weighted by molar-refractivity contribution is 0.592. The average molecular weight is 330 g/mol. The van der Waals surface area contributed by atoms with Crippen LogP contribution in [0.5, 0.6) is 0 Å². The van der Waals surface area contributed by atoms with Gasteiger partial charge in [-0.2, -0.15) is 0 Å². The molecule has 0 amide bonds. The zero-order chi connectivity index (χ0) is 17.3. The van der Waals surface area contributed by atoms with Gasteiger partial charge in [-0.3, -0.25) is 0 Å². The largest absolute Gasteiger partial charge is 0.331 e. The summed E-state index contributed by atoms with van der Waals surface area (Å²) in [7, 11) is 0. The first kappa shape index (κ1) is 16.4. The Bertz CT molecular complexity index is 864. The van der Waals surface area contributed by atoms with Gasteiger partial charge in [0.15, 0.2) is 0 Å². The van der Waals surface area contributed by atoms with Crippen molar-refractivity contribution < 1.29 is 8.78 Å². The fourth-order valence-corrected chi connectivity index (χ4v) is 2.87. The number of halogens is 2. The van der Waals surface area contributed by atoms with Gasteiger partial charge in [-0.25, -0.2) is 18.7 Å². The molecular weight excluding hydrogens is 310 g/mol. The second kappa shape index (κ2) is 6.55. The third-order valence-corrected chi connectivity index (χ3v) is 4.18. The fraction of sp³-hybridized carbons (Fsp3) is 0.333. The molecule has 0 N–H and O–H groups in total. The lowest BCUT2D eigenvalue weighted by atomic mass is 10.2. The highest BCUT2D eigenvalue weighted by atomic mass is 19.1. The van der Waals surface area contributed by atoms with E-state index in [4.69, 9.17) is 0 Å². The minimum absolute atomic E-state index is 0.155. The minimum atomic E-state index is -0.492. The van der Waals surface area contributed by atoms with Crippen LogP contribution in [0.15, 0.2) is 30.6 Å². The number of rotatable bonds is 5. The predicted octanol–water partition coefficient (Wildman–Crippen LogP) is 4.10. The zero-order valence-electron chi connectivity index (χ0n) is 14.1. The van der Waals surface area contributed by atoms with Gasteiger partial charge in [0.2, 0.25) is 0 Å². The Kier molecular flexibility index (Phi) is 4.46. The van der Waals surface area contributed by atoms with E-state index in [0.29, 0.717) is 12.4 Å². The van der Waals surface area contributed by atoms with Gasteiger partial charge < -0.3 is 9.13 Å². The maximum atomic E-state index is 14.1. The monoisotopic (exact) mass is 330 g/mol. The molecule has 2 aromatic heterocycles. The molecule has 3 rings (SSSR count). The van der Waals surface area contributed by atoms with Gasteiger partial charge in [0.05, 0.1) is 17.8 Å². The molecule has 3 aromatic rings. The van der Waals surface area contributed by atoms with Crippen LogP contribution in [0.1, 0.15) is 30.6 Å². The zero-order valence-corrected chi connectivity index (χ0v) is 14.1. The smallest absolute Gasteiger partial charge is 0.143 e. The lowest BCUT2D eigenvalue weighted by Crippen LogP contribution is -2.10. The van der Waals surface area contributed by atoms with Crippen molar-refractivity contribution in [3.63, 3.8) is 0 Å². The number of hydrogen-bond donors (Lipinski definition) is 0. The van der Waals surface area contributed by atoms with Crippen LogP contribution in [0, 0.1) is 25.5 Å². The number of hydrogen-bond acceptors (Lipinski definition) is 2. The Morgan fingerprint density at radius 3 is 2.71 bits per heavy atom. The Morgan fingerprint density at radius 2 is 1.96 bits per heavy atom. The number of aryl methyl sites for hydroxylation is 1. The number of aromatic nitrogens is 4. The van der Waals surface area contributed by atoms with Gasteiger partial charge in [-0.15, -0.1) is 0 Å². The molecule has 0 radical (unpaired) electrons. The highest BCUT2D eigenvalue weighted by Crippen LogP contribution is 2.23. The van der Waals surface area contributed by atoms with Gasteiger partial charge in [0, 0.05) is 24.6 Å². The van der Waals surface area contributed by atoms with Crippen molar-refractivity contribution in [2.45, 2.75) is 40.3 Å². The molecule has 4 nitrogen and oxygen atoms in total. The summed E-state index contributed by atoms with van der Waals surface area (Å²) in [6, 6.07) is 3.39. The summed E-state index contributed by atoms with van der Waals surface area (Å²) in [5, 5.41) is 0. The summed E-state index contributed by atoms with van der Waals surface area (Å²) in [5.41, 5.74) is 2.27. The second-order valence-corrected chi connectivity index (χ2v) is 5.85. The maximum absolute atomic E-state index is 14.1. The van der Waals surface area contributed by atoms with E-state index in [1.807, 2.05) is 13.8 Å². The molecule has 0 spiro atoms. The highest BCUT2D eigenvalue weighted by molar-refractivity contribution is 5.56. The molecule has 0 atom stereocenters. The Balaban J connectivity index is 2.01. The molecule has 0 bridgehead atoms. The normalized spacial score (nSPS) is 11.2.